The second-order valence-electron chi connectivity index (χ2n) is 5.13. The fraction of sp³-hybridized carbons (Fsp3) is 0.467. The van der Waals surface area contributed by atoms with Crippen LogP contribution in [-0.4, -0.2) is 35.5 Å². The molecule has 1 unspecified atom stereocenters. The van der Waals surface area contributed by atoms with Gasteiger partial charge in [-0.25, -0.2) is 0 Å². The molecule has 1 aliphatic rings. The molecule has 0 aliphatic heterocycles. The molecule has 0 saturated heterocycles. The molecular weight excluding hydrogens is 242 g/mol. The third-order valence-electron chi connectivity index (χ3n) is 3.56. The number of amides is 1. The van der Waals surface area contributed by atoms with E-state index in [-0.39, 0.29) is 24.8 Å². The lowest BCUT2D eigenvalue weighted by atomic mass is 9.93. The average Bonchev–Trinajstić information content (AvgIpc) is 3.22. The molecule has 0 spiro atoms. The van der Waals surface area contributed by atoms with Gasteiger partial charge in [-0.05, 0) is 24.3 Å². The molecule has 0 heterocycles. The lowest BCUT2D eigenvalue weighted by molar-refractivity contribution is -0.138. The topological polar surface area (TPSA) is 57.6 Å². The van der Waals surface area contributed by atoms with Crippen molar-refractivity contribution >= 4 is 11.9 Å². The summed E-state index contributed by atoms with van der Waals surface area (Å²) in [5.74, 6) is -0.528. The van der Waals surface area contributed by atoms with Gasteiger partial charge >= 0.3 is 5.97 Å². The minimum Gasteiger partial charge on any atom is -0.481 e. The van der Waals surface area contributed by atoms with Gasteiger partial charge in [-0.2, -0.15) is 0 Å². The van der Waals surface area contributed by atoms with Crippen LogP contribution in [0.1, 0.15) is 30.7 Å². The number of hydrogen-bond acceptors (Lipinski definition) is 2. The molecule has 1 aromatic rings. The predicted molar refractivity (Wildman–Crippen MR) is 71.8 cm³/mol. The van der Waals surface area contributed by atoms with E-state index in [0.717, 1.165) is 18.4 Å². The van der Waals surface area contributed by atoms with Gasteiger partial charge in [0.2, 0.25) is 5.91 Å². The van der Waals surface area contributed by atoms with E-state index in [9.17, 15) is 9.59 Å². The minimum atomic E-state index is -0.873. The third-order valence-corrected chi connectivity index (χ3v) is 3.56. The van der Waals surface area contributed by atoms with Crippen molar-refractivity contribution in [3.05, 3.63) is 35.9 Å². The number of rotatable bonds is 6. The molecule has 2 rings (SSSR count). The standard InChI is InChI=1S/C15H19NO3/c1-16(10-9-13(17)18)15(19)14(12-7-8-12)11-5-3-2-4-6-11/h2-6,12,14H,7-10H2,1H3,(H,17,18). The molecule has 4 nitrogen and oxygen atoms in total. The first-order chi connectivity index (χ1) is 9.09. The van der Waals surface area contributed by atoms with E-state index in [4.69, 9.17) is 5.11 Å². The largest absolute Gasteiger partial charge is 0.481 e. The quantitative estimate of drug-likeness (QED) is 0.853. The fourth-order valence-electron chi connectivity index (χ4n) is 2.32. The summed E-state index contributed by atoms with van der Waals surface area (Å²) >= 11 is 0. The molecule has 0 aromatic heterocycles. The normalized spacial score (nSPS) is 15.8. The number of hydrogen-bond donors (Lipinski definition) is 1. The van der Waals surface area contributed by atoms with Gasteiger partial charge < -0.3 is 10.0 Å². The van der Waals surface area contributed by atoms with Crippen molar-refractivity contribution in [3.63, 3.8) is 0 Å². The van der Waals surface area contributed by atoms with Crippen molar-refractivity contribution in [2.24, 2.45) is 5.92 Å². The second kappa shape index (κ2) is 5.87. The zero-order valence-electron chi connectivity index (χ0n) is 11.1. The van der Waals surface area contributed by atoms with Crippen LogP contribution in [-0.2, 0) is 9.59 Å². The molecule has 1 saturated carbocycles. The van der Waals surface area contributed by atoms with Crippen molar-refractivity contribution in [1.29, 1.82) is 0 Å². The molecule has 4 heteroatoms. The lowest BCUT2D eigenvalue weighted by Crippen LogP contribution is -2.34. The molecule has 19 heavy (non-hydrogen) atoms. The fourth-order valence-corrected chi connectivity index (χ4v) is 2.32. The molecule has 1 aromatic carbocycles. The van der Waals surface area contributed by atoms with E-state index >= 15 is 0 Å². The van der Waals surface area contributed by atoms with Crippen LogP contribution in [0.15, 0.2) is 30.3 Å². The van der Waals surface area contributed by atoms with E-state index < -0.39 is 5.97 Å². The van der Waals surface area contributed by atoms with Gasteiger partial charge in [-0.3, -0.25) is 9.59 Å². The summed E-state index contributed by atoms with van der Waals surface area (Å²) in [6.45, 7) is 0.268. The highest BCUT2D eigenvalue weighted by Crippen LogP contribution is 2.43. The molecular formula is C15H19NO3. The molecule has 1 atom stereocenters. The van der Waals surface area contributed by atoms with Crippen molar-refractivity contribution in [1.82, 2.24) is 4.90 Å². The van der Waals surface area contributed by atoms with Crippen molar-refractivity contribution < 1.29 is 14.7 Å². The van der Waals surface area contributed by atoms with E-state index in [2.05, 4.69) is 0 Å². The van der Waals surface area contributed by atoms with Gasteiger partial charge in [-0.1, -0.05) is 30.3 Å². The zero-order valence-corrected chi connectivity index (χ0v) is 11.1. The zero-order chi connectivity index (χ0) is 13.8. The first-order valence-corrected chi connectivity index (χ1v) is 6.61. The van der Waals surface area contributed by atoms with Crippen LogP contribution >= 0.6 is 0 Å². The number of benzene rings is 1. The van der Waals surface area contributed by atoms with Crippen LogP contribution in [0.2, 0.25) is 0 Å². The number of likely N-dealkylation sites (N-methyl/N-ethyl adjacent to an activating group) is 1. The van der Waals surface area contributed by atoms with Crippen LogP contribution < -0.4 is 0 Å². The first kappa shape index (κ1) is 13.6. The van der Waals surface area contributed by atoms with Gasteiger partial charge in [0, 0.05) is 13.6 Å². The third kappa shape index (κ3) is 3.56. The molecule has 1 N–H and O–H groups in total. The van der Waals surface area contributed by atoms with Crippen molar-refractivity contribution in [2.45, 2.75) is 25.2 Å². The maximum absolute atomic E-state index is 12.5. The molecule has 0 bridgehead atoms. The summed E-state index contributed by atoms with van der Waals surface area (Å²) in [6.07, 6.45) is 2.16. The highest BCUT2D eigenvalue weighted by molar-refractivity contribution is 5.84. The first-order valence-electron chi connectivity index (χ1n) is 6.61. The highest BCUT2D eigenvalue weighted by Gasteiger charge is 2.38. The summed E-state index contributed by atoms with van der Waals surface area (Å²) in [5.41, 5.74) is 1.04. The van der Waals surface area contributed by atoms with Crippen LogP contribution in [0.5, 0.6) is 0 Å². The molecule has 1 amide bonds. The summed E-state index contributed by atoms with van der Waals surface area (Å²) < 4.78 is 0. The predicted octanol–water partition coefficient (Wildman–Crippen LogP) is 2.11. The van der Waals surface area contributed by atoms with Gasteiger partial charge in [0.05, 0.1) is 12.3 Å². The Hall–Kier alpha value is -1.84. The summed E-state index contributed by atoms with van der Waals surface area (Å²) in [4.78, 5) is 24.6. The Bertz CT molecular complexity index is 454. The van der Waals surface area contributed by atoms with E-state index in [0.29, 0.717) is 5.92 Å². The Morgan fingerprint density at radius 3 is 2.47 bits per heavy atom. The smallest absolute Gasteiger partial charge is 0.305 e. The Balaban J connectivity index is 2.07. The Labute approximate surface area is 113 Å². The maximum Gasteiger partial charge on any atom is 0.305 e. The van der Waals surface area contributed by atoms with Crippen LogP contribution in [0.4, 0.5) is 0 Å². The minimum absolute atomic E-state index is 0.00554. The van der Waals surface area contributed by atoms with Crippen LogP contribution in [0.25, 0.3) is 0 Å². The summed E-state index contributed by atoms with van der Waals surface area (Å²) in [6, 6.07) is 9.77. The number of aliphatic carboxylic acids is 1. The second-order valence-corrected chi connectivity index (χ2v) is 5.13. The molecule has 1 fully saturated rings. The Morgan fingerprint density at radius 2 is 1.95 bits per heavy atom. The molecule has 102 valence electrons. The number of nitrogens with zero attached hydrogens (tertiary/aromatic N) is 1. The summed E-state index contributed by atoms with van der Waals surface area (Å²) in [7, 11) is 1.68. The van der Waals surface area contributed by atoms with Gasteiger partial charge in [0.1, 0.15) is 0 Å². The maximum atomic E-state index is 12.5. The number of carbonyl (C=O) groups excluding carboxylic acids is 1. The van der Waals surface area contributed by atoms with Crippen molar-refractivity contribution in [2.75, 3.05) is 13.6 Å². The van der Waals surface area contributed by atoms with Crippen molar-refractivity contribution in [3.8, 4) is 0 Å². The van der Waals surface area contributed by atoms with Crippen LogP contribution in [0, 0.1) is 5.92 Å². The van der Waals surface area contributed by atoms with E-state index in [1.165, 1.54) is 0 Å². The van der Waals surface area contributed by atoms with E-state index in [1.807, 2.05) is 30.3 Å². The van der Waals surface area contributed by atoms with Gasteiger partial charge in [-0.15, -0.1) is 0 Å². The summed E-state index contributed by atoms with van der Waals surface area (Å²) in [5, 5.41) is 8.68. The molecule has 1 aliphatic carbocycles. The van der Waals surface area contributed by atoms with Gasteiger partial charge in [0.15, 0.2) is 0 Å². The Morgan fingerprint density at radius 1 is 1.32 bits per heavy atom. The SMILES string of the molecule is CN(CCC(=O)O)C(=O)C(c1ccccc1)C1CC1. The number of carboxylic acid groups (broad SMARTS) is 1. The lowest BCUT2D eigenvalue weighted by Gasteiger charge is -2.23. The number of carbonyl (C=O) groups is 2. The highest BCUT2D eigenvalue weighted by atomic mass is 16.4. The van der Waals surface area contributed by atoms with Gasteiger partial charge in [0.25, 0.3) is 0 Å². The monoisotopic (exact) mass is 261 g/mol. The van der Waals surface area contributed by atoms with E-state index in [1.54, 1.807) is 11.9 Å². The average molecular weight is 261 g/mol. The Kier molecular flexibility index (Phi) is 4.20. The number of carboxylic acids is 1. The molecule has 0 radical (unpaired) electrons. The van der Waals surface area contributed by atoms with Crippen LogP contribution in [0.3, 0.4) is 0 Å².